The van der Waals surface area contributed by atoms with Crippen LogP contribution in [0.2, 0.25) is 0 Å². The third-order valence-corrected chi connectivity index (χ3v) is 6.02. The minimum atomic E-state index is -0.0514. The topological polar surface area (TPSA) is 46.0 Å². The third kappa shape index (κ3) is 3.82. The molecule has 2 atom stereocenters. The van der Waals surface area contributed by atoms with Crippen LogP contribution in [0.3, 0.4) is 0 Å². The molecular formula is C25H23N5S. The first kappa shape index (κ1) is 19.5. The molecule has 3 aromatic heterocycles. The van der Waals surface area contributed by atoms with E-state index in [2.05, 4.69) is 86.4 Å². The van der Waals surface area contributed by atoms with Crippen LogP contribution in [0.15, 0.2) is 91.5 Å². The highest BCUT2D eigenvalue weighted by Crippen LogP contribution is 2.40. The van der Waals surface area contributed by atoms with E-state index in [0.717, 1.165) is 27.8 Å². The van der Waals surface area contributed by atoms with Crippen molar-refractivity contribution >= 4 is 17.3 Å². The molecule has 4 aromatic rings. The van der Waals surface area contributed by atoms with E-state index in [4.69, 9.17) is 12.2 Å². The lowest BCUT2D eigenvalue weighted by Gasteiger charge is -2.29. The maximum Gasteiger partial charge on any atom is 0.170 e. The second-order valence-electron chi connectivity index (χ2n) is 7.75. The van der Waals surface area contributed by atoms with Crippen LogP contribution < -0.4 is 5.32 Å². The van der Waals surface area contributed by atoms with Gasteiger partial charge in [0.2, 0.25) is 0 Å². The van der Waals surface area contributed by atoms with Gasteiger partial charge in [0, 0.05) is 42.7 Å². The van der Waals surface area contributed by atoms with Crippen LogP contribution >= 0.6 is 12.2 Å². The van der Waals surface area contributed by atoms with Crippen LogP contribution in [0, 0.1) is 6.92 Å². The van der Waals surface area contributed by atoms with Crippen LogP contribution in [0.1, 0.15) is 34.6 Å². The highest BCUT2D eigenvalue weighted by atomic mass is 32.1. The number of pyridine rings is 2. The van der Waals surface area contributed by atoms with E-state index in [0.29, 0.717) is 6.54 Å². The van der Waals surface area contributed by atoms with Crippen molar-refractivity contribution in [2.75, 3.05) is 0 Å². The van der Waals surface area contributed by atoms with Gasteiger partial charge in [-0.15, -0.1) is 0 Å². The first-order valence-corrected chi connectivity index (χ1v) is 10.7. The first-order chi connectivity index (χ1) is 15.2. The van der Waals surface area contributed by atoms with Crippen LogP contribution in [-0.2, 0) is 6.54 Å². The first-order valence-electron chi connectivity index (χ1n) is 10.3. The summed E-state index contributed by atoms with van der Waals surface area (Å²) in [5.74, 6) is 0. The van der Waals surface area contributed by atoms with Gasteiger partial charge in [0.15, 0.2) is 5.11 Å². The van der Waals surface area contributed by atoms with Gasteiger partial charge in [0.1, 0.15) is 0 Å². The predicted molar refractivity (Wildman–Crippen MR) is 126 cm³/mol. The molecule has 5 rings (SSSR count). The lowest BCUT2D eigenvalue weighted by molar-refractivity contribution is 0.302. The summed E-state index contributed by atoms with van der Waals surface area (Å²) in [5.41, 5.74) is 5.62. The van der Waals surface area contributed by atoms with Gasteiger partial charge < -0.3 is 14.8 Å². The molecule has 1 aliphatic heterocycles. The minimum absolute atomic E-state index is 0.0149. The Bertz CT molecular complexity index is 1170. The second-order valence-corrected chi connectivity index (χ2v) is 8.14. The fraction of sp³-hybridized carbons (Fsp3) is 0.160. The average Bonchev–Trinajstić information content (AvgIpc) is 3.40. The molecular weight excluding hydrogens is 402 g/mol. The zero-order valence-corrected chi connectivity index (χ0v) is 18.0. The van der Waals surface area contributed by atoms with Gasteiger partial charge in [-0.05, 0) is 67.2 Å². The van der Waals surface area contributed by atoms with E-state index in [1.165, 1.54) is 5.56 Å². The fourth-order valence-corrected chi connectivity index (χ4v) is 4.47. The van der Waals surface area contributed by atoms with Crippen LogP contribution in [0.25, 0.3) is 5.69 Å². The average molecular weight is 426 g/mol. The zero-order chi connectivity index (χ0) is 21.2. The Morgan fingerprint density at radius 3 is 2.58 bits per heavy atom. The van der Waals surface area contributed by atoms with Crippen molar-refractivity contribution in [2.24, 2.45) is 0 Å². The van der Waals surface area contributed by atoms with Crippen molar-refractivity contribution in [3.8, 4) is 5.69 Å². The summed E-state index contributed by atoms with van der Waals surface area (Å²) in [5, 5.41) is 4.25. The molecule has 0 bridgehead atoms. The maximum atomic E-state index is 5.80. The molecule has 1 fully saturated rings. The Balaban J connectivity index is 1.60. The molecule has 5 nitrogen and oxygen atoms in total. The standard InChI is InChI=1S/C25H23N5S/c1-18-9-11-20(12-10-18)29-15-5-8-22(29)24-23(21-7-2-3-14-27-21)28-25(31)30(24)17-19-6-4-13-26-16-19/h2-16,23-24H,17H2,1H3,(H,28,31)/t23-,24+/m1/s1. The van der Waals surface area contributed by atoms with E-state index >= 15 is 0 Å². The second kappa shape index (κ2) is 8.32. The van der Waals surface area contributed by atoms with Crippen LogP contribution in [-0.4, -0.2) is 24.5 Å². The number of nitrogens with one attached hydrogen (secondary N) is 1. The molecule has 1 aromatic carbocycles. The zero-order valence-electron chi connectivity index (χ0n) is 17.2. The lowest BCUT2D eigenvalue weighted by atomic mass is 10.0. The number of thiocarbonyl (C=S) groups is 1. The lowest BCUT2D eigenvalue weighted by Crippen LogP contribution is -2.30. The van der Waals surface area contributed by atoms with E-state index < -0.39 is 0 Å². The van der Waals surface area contributed by atoms with Gasteiger partial charge in [0.05, 0.1) is 17.8 Å². The van der Waals surface area contributed by atoms with Crippen LogP contribution in [0.4, 0.5) is 0 Å². The summed E-state index contributed by atoms with van der Waals surface area (Å²) >= 11 is 5.80. The molecule has 0 aliphatic carbocycles. The Morgan fingerprint density at radius 2 is 1.84 bits per heavy atom. The van der Waals surface area contributed by atoms with Crippen molar-refractivity contribution < 1.29 is 0 Å². The highest BCUT2D eigenvalue weighted by molar-refractivity contribution is 7.80. The molecule has 1 N–H and O–H groups in total. The summed E-state index contributed by atoms with van der Waals surface area (Å²) < 4.78 is 2.24. The van der Waals surface area contributed by atoms with Crippen molar-refractivity contribution in [2.45, 2.75) is 25.6 Å². The van der Waals surface area contributed by atoms with Gasteiger partial charge in [-0.3, -0.25) is 9.97 Å². The predicted octanol–water partition coefficient (Wildman–Crippen LogP) is 4.75. The molecule has 0 unspecified atom stereocenters. The third-order valence-electron chi connectivity index (χ3n) is 5.67. The van der Waals surface area contributed by atoms with E-state index in [9.17, 15) is 0 Å². The summed E-state index contributed by atoms with van der Waals surface area (Å²) in [6, 6.07) is 22.8. The Morgan fingerprint density at radius 1 is 0.968 bits per heavy atom. The molecule has 6 heteroatoms. The van der Waals surface area contributed by atoms with E-state index in [-0.39, 0.29) is 12.1 Å². The van der Waals surface area contributed by atoms with Gasteiger partial charge in [-0.25, -0.2) is 0 Å². The Hall–Kier alpha value is -3.51. The molecule has 31 heavy (non-hydrogen) atoms. The molecule has 0 spiro atoms. The summed E-state index contributed by atoms with van der Waals surface area (Å²) in [7, 11) is 0. The van der Waals surface area contributed by atoms with E-state index in [1.807, 2.05) is 30.6 Å². The highest BCUT2D eigenvalue weighted by Gasteiger charge is 2.41. The van der Waals surface area contributed by atoms with Gasteiger partial charge in [-0.1, -0.05) is 29.8 Å². The van der Waals surface area contributed by atoms with Gasteiger partial charge in [0.25, 0.3) is 0 Å². The Kier molecular flexibility index (Phi) is 5.22. The van der Waals surface area contributed by atoms with Crippen LogP contribution in [0.5, 0.6) is 0 Å². The molecule has 0 radical (unpaired) electrons. The SMILES string of the molecule is Cc1ccc(-n2cccc2[C@H]2[C@@H](c3ccccn3)NC(=S)N2Cc2cccnc2)cc1. The number of nitrogens with zero attached hydrogens (tertiary/aromatic N) is 4. The number of rotatable bonds is 5. The molecule has 0 amide bonds. The number of benzene rings is 1. The van der Waals surface area contributed by atoms with Crippen molar-refractivity contribution in [1.29, 1.82) is 0 Å². The molecule has 4 heterocycles. The van der Waals surface area contributed by atoms with E-state index in [1.54, 1.807) is 6.20 Å². The van der Waals surface area contributed by atoms with Crippen molar-refractivity contribution in [3.05, 3.63) is 114 Å². The van der Waals surface area contributed by atoms with Gasteiger partial charge in [-0.2, -0.15) is 0 Å². The number of hydrogen-bond donors (Lipinski definition) is 1. The summed E-state index contributed by atoms with van der Waals surface area (Å²) in [6.45, 7) is 2.78. The largest absolute Gasteiger partial charge is 0.352 e. The number of aryl methyl sites for hydroxylation is 1. The minimum Gasteiger partial charge on any atom is -0.352 e. The molecule has 1 aliphatic rings. The van der Waals surface area contributed by atoms with Gasteiger partial charge >= 0.3 is 0 Å². The smallest absolute Gasteiger partial charge is 0.170 e. The van der Waals surface area contributed by atoms with Crippen molar-refractivity contribution in [3.63, 3.8) is 0 Å². The normalized spacial score (nSPS) is 18.2. The molecule has 0 saturated carbocycles. The summed E-state index contributed by atoms with van der Waals surface area (Å²) in [6.07, 6.45) is 7.63. The number of hydrogen-bond acceptors (Lipinski definition) is 3. The monoisotopic (exact) mass is 425 g/mol. The number of aromatic nitrogens is 3. The van der Waals surface area contributed by atoms with Crippen molar-refractivity contribution in [1.82, 2.24) is 24.8 Å². The summed E-state index contributed by atoms with van der Waals surface area (Å²) in [4.78, 5) is 11.2. The fourth-order valence-electron chi connectivity index (χ4n) is 4.16. The molecule has 154 valence electrons. The quantitative estimate of drug-likeness (QED) is 0.468. The maximum absolute atomic E-state index is 5.80. The Labute approximate surface area is 187 Å². The molecule has 1 saturated heterocycles.